The zero-order chi connectivity index (χ0) is 80.0. The van der Waals surface area contributed by atoms with Crippen molar-refractivity contribution in [3.8, 4) is 11.8 Å². The lowest BCUT2D eigenvalue weighted by Crippen LogP contribution is -2.48. The third kappa shape index (κ3) is 18.4. The van der Waals surface area contributed by atoms with Crippen LogP contribution in [0.2, 0.25) is 25.7 Å². The molecular weight excluding hydrogens is 1470 g/mol. The Kier molecular flexibility index (Phi) is 23.3. The highest BCUT2D eigenvalue weighted by Crippen LogP contribution is 2.45. The summed E-state index contributed by atoms with van der Waals surface area (Å²) in [5, 5.41) is 11.5. The van der Waals surface area contributed by atoms with Crippen LogP contribution in [0.25, 0.3) is 0 Å². The van der Waals surface area contributed by atoms with Gasteiger partial charge in [0.2, 0.25) is 0 Å². The van der Waals surface area contributed by atoms with Crippen molar-refractivity contribution in [3.05, 3.63) is 168 Å². The molecule has 0 radical (unpaired) electrons. The molecule has 115 heavy (non-hydrogen) atoms. The minimum Gasteiger partial charge on any atom is -0.366 e. The van der Waals surface area contributed by atoms with Gasteiger partial charge in [-0.15, -0.1) is 11.8 Å². The Balaban J connectivity index is 0.000000121. The normalized spacial score (nSPS) is 18.6. The van der Waals surface area contributed by atoms with Crippen LogP contribution in [-0.4, -0.2) is 172 Å². The maximum Gasteiger partial charge on any atom is 0.329 e. The van der Waals surface area contributed by atoms with Gasteiger partial charge in [-0.3, -0.25) is 60.0 Å². The van der Waals surface area contributed by atoms with E-state index in [1.54, 1.807) is 93.8 Å². The number of aryl methyl sites for hydroxylation is 2. The number of carbonyl (C=O) groups is 8. The first-order chi connectivity index (χ1) is 55.6. The van der Waals surface area contributed by atoms with Crippen LogP contribution >= 0.6 is 0 Å². The standard InChI is InChI=1S/2C22H25N5O2.C21H27N5O2Si.C21H21N5O2/c1-14-2-9-20(23-12-14)25-22(29)27-16-10-11-26(13-16)18-7-6-17(24-21(18)27)19(28)8-5-15-3-4-15;1-14-8-10-23-20(12-14)25-22(29)27-16-9-11-26(13-16)18-6-5-17(24-21(18)27)19(28)7-4-15-2-3-15;1-29(2,3)13-10-18(27)16-7-8-17-20(23-16)26(15-9-12-25(17)14-15)21(28)24-19-6-4-5-11-22-19;1-2-3-4-7-18(27)16-9-10-17-20(23-16)26(15-11-13-25(17)14-15)21(28)24-19-8-5-6-12-22-19/h2,6-7,9,12,15-16H,3-5,8,10-11,13H2,1H3,(H,23,25,29);5-6,8,10,12,15-16H,2-4,7,9,11,13H2,1H3,(H,23,25,29);4-8,11,15H,9-10,12-14H2,1-3H3,(H,22,24,28);5-6,8-10,12,15H,4,7,11,13-14H2,1H3,(H,22,24,28)/t2*16-;2*15-/m0000/s1. The van der Waals surface area contributed by atoms with E-state index in [0.29, 0.717) is 113 Å². The molecule has 0 spiro atoms. The molecule has 8 aromatic rings. The number of pyridine rings is 8. The van der Waals surface area contributed by atoms with Gasteiger partial charge in [-0.2, -0.15) is 0 Å². The van der Waals surface area contributed by atoms with E-state index in [1.165, 1.54) is 25.7 Å². The summed E-state index contributed by atoms with van der Waals surface area (Å²) in [5.41, 5.74) is 7.43. The Labute approximate surface area is 670 Å². The summed E-state index contributed by atoms with van der Waals surface area (Å²) in [7, 11) is -1.31. The van der Waals surface area contributed by atoms with Gasteiger partial charge < -0.3 is 19.6 Å². The predicted octanol–water partition coefficient (Wildman–Crippen LogP) is 14.7. The molecular formula is C86H98N20O8Si. The van der Waals surface area contributed by atoms with Crippen molar-refractivity contribution >= 4 is 125 Å². The van der Waals surface area contributed by atoms with E-state index in [-0.39, 0.29) is 71.4 Å². The molecule has 8 amide bonds. The topological polar surface area (TPSA) is 314 Å². The molecule has 2 saturated carbocycles. The number of Topliss-reactive ketones (excluding diaryl/α,β-unsaturated/α-hetero) is 4. The highest BCUT2D eigenvalue weighted by Gasteiger charge is 2.45. The quantitative estimate of drug-likeness (QED) is 0.0332. The smallest absolute Gasteiger partial charge is 0.329 e. The van der Waals surface area contributed by atoms with Crippen LogP contribution < -0.4 is 60.5 Å². The monoisotopic (exact) mass is 1570 g/mol. The van der Waals surface area contributed by atoms with Gasteiger partial charge in [0.05, 0.1) is 46.9 Å². The summed E-state index contributed by atoms with van der Waals surface area (Å²) < 4.78 is 0. The number of ketones is 4. The number of fused-ring (bicyclic) bond motifs is 16. The van der Waals surface area contributed by atoms with Gasteiger partial charge >= 0.3 is 24.1 Å². The van der Waals surface area contributed by atoms with E-state index in [0.717, 1.165) is 131 Å². The summed E-state index contributed by atoms with van der Waals surface area (Å²) in [6, 6.07) is 33.2. The third-order valence-corrected chi connectivity index (χ3v) is 24.4. The lowest BCUT2D eigenvalue weighted by molar-refractivity contribution is 0.0965. The van der Waals surface area contributed by atoms with E-state index in [2.05, 4.69) is 112 Å². The molecule has 8 aromatic heterocycles. The number of anilines is 12. The van der Waals surface area contributed by atoms with Crippen molar-refractivity contribution in [2.75, 3.05) is 113 Å². The van der Waals surface area contributed by atoms with Gasteiger partial charge in [0.25, 0.3) is 0 Å². The Morgan fingerprint density at radius 1 is 0.400 bits per heavy atom. The molecule has 4 atom stereocenters. The number of hydrogen-bond donors (Lipinski definition) is 4. The fourth-order valence-electron chi connectivity index (χ4n) is 16.0. The molecule has 10 aliphatic rings. The molecule has 28 nitrogen and oxygen atoms in total. The van der Waals surface area contributed by atoms with Crippen molar-refractivity contribution in [1.82, 2.24) is 39.9 Å². The van der Waals surface area contributed by atoms with Crippen LogP contribution in [0.5, 0.6) is 0 Å². The number of nitrogens with zero attached hydrogens (tertiary/aromatic N) is 16. The zero-order valence-electron chi connectivity index (χ0n) is 66.1. The predicted molar refractivity (Wildman–Crippen MR) is 449 cm³/mol. The summed E-state index contributed by atoms with van der Waals surface area (Å²) in [6.45, 7) is 19.1. The Bertz CT molecular complexity index is 5070. The van der Waals surface area contributed by atoms with E-state index < -0.39 is 8.07 Å². The van der Waals surface area contributed by atoms with E-state index >= 15 is 0 Å². The Morgan fingerprint density at radius 2 is 0.765 bits per heavy atom. The lowest BCUT2D eigenvalue weighted by atomic mass is 10.1. The molecule has 8 aliphatic heterocycles. The van der Waals surface area contributed by atoms with Crippen molar-refractivity contribution < 1.29 is 38.4 Å². The van der Waals surface area contributed by atoms with Gasteiger partial charge in [-0.05, 0) is 173 Å². The first kappa shape index (κ1) is 78.2. The average Bonchev–Trinajstić information content (AvgIpc) is 1.64. The highest BCUT2D eigenvalue weighted by molar-refractivity contribution is 6.76. The molecule has 16 heterocycles. The van der Waals surface area contributed by atoms with Crippen LogP contribution in [-0.2, 0) is 0 Å². The molecule has 4 N–H and O–H groups in total. The molecule has 4 saturated heterocycles. The highest BCUT2D eigenvalue weighted by atomic mass is 28.3. The molecule has 594 valence electrons. The maximum absolute atomic E-state index is 13.2. The molecule has 8 bridgehead atoms. The molecule has 18 rings (SSSR count). The molecule has 0 unspecified atom stereocenters. The van der Waals surface area contributed by atoms with Gasteiger partial charge in [-0.1, -0.05) is 69.6 Å². The average molecular weight is 1570 g/mol. The van der Waals surface area contributed by atoms with Gasteiger partial charge in [0.15, 0.2) is 46.4 Å². The van der Waals surface area contributed by atoms with Crippen molar-refractivity contribution in [3.63, 3.8) is 0 Å². The van der Waals surface area contributed by atoms with Gasteiger partial charge in [-0.25, -0.2) is 59.0 Å². The van der Waals surface area contributed by atoms with Gasteiger partial charge in [0, 0.05) is 117 Å². The van der Waals surface area contributed by atoms with E-state index in [1.807, 2.05) is 80.6 Å². The molecule has 29 heteroatoms. The summed E-state index contributed by atoms with van der Waals surface area (Å²) in [6.07, 6.45) is 19.4. The number of carbonyl (C=O) groups excluding carboxylic acids is 8. The fraction of sp³-hybridized carbons (Fsp3) is 0.419. The number of amides is 8. The fourth-order valence-corrected chi connectivity index (χ4v) is 17.0. The first-order valence-electron chi connectivity index (χ1n) is 40.3. The maximum atomic E-state index is 13.2. The molecule has 2 aliphatic carbocycles. The van der Waals surface area contributed by atoms with E-state index in [4.69, 9.17) is 0 Å². The molecule has 6 fully saturated rings. The second-order valence-electron chi connectivity index (χ2n) is 32.4. The van der Waals surface area contributed by atoms with Crippen LogP contribution in [0.15, 0.2) is 134 Å². The summed E-state index contributed by atoms with van der Waals surface area (Å²) in [4.78, 5) is 154. The minimum absolute atomic E-state index is 0.0278. The number of hydrogen-bond acceptors (Lipinski definition) is 20. The Morgan fingerprint density at radius 3 is 1.10 bits per heavy atom. The zero-order valence-corrected chi connectivity index (χ0v) is 67.1. The number of nitrogens with one attached hydrogen (secondary N) is 4. The molecule has 0 aromatic carbocycles. The van der Waals surface area contributed by atoms with Crippen molar-refractivity contribution in [2.24, 2.45) is 11.8 Å². The van der Waals surface area contributed by atoms with Crippen LogP contribution in [0.1, 0.15) is 156 Å². The lowest BCUT2D eigenvalue weighted by Gasteiger charge is -2.35. The largest absolute Gasteiger partial charge is 0.366 e. The third-order valence-electron chi connectivity index (χ3n) is 22.6. The van der Waals surface area contributed by atoms with Crippen LogP contribution in [0.3, 0.4) is 0 Å². The van der Waals surface area contributed by atoms with E-state index in [9.17, 15) is 38.4 Å². The van der Waals surface area contributed by atoms with Gasteiger partial charge in [0.1, 0.15) is 46.0 Å². The number of aromatic nitrogens is 8. The second kappa shape index (κ2) is 34.3. The number of rotatable bonds is 19. The summed E-state index contributed by atoms with van der Waals surface area (Å²) >= 11 is 0. The Hall–Kier alpha value is -12.1. The SMILES string of the molecule is CC#CCCC(=O)c1ccc2c(n1)N(C(=O)Nc1ccccn1)[C@H]1CCN2C1.C[Si](C)(C)CCC(=O)c1ccc2c(n1)N(C(=O)Nc1ccccn1)[C@H]1CCN2C1.Cc1ccc(NC(=O)N2c3nc(C(=O)CCC4CC4)ccc3N3CC[C@H]2C3)nc1.Cc1ccnc(NC(=O)N2c3nc(C(=O)CCC4CC4)ccc3N3CC[C@H]2C3)c1. The summed E-state index contributed by atoms with van der Waals surface area (Å²) in [5.74, 6) is 11.5. The van der Waals surface area contributed by atoms with Crippen molar-refractivity contribution in [2.45, 2.75) is 167 Å². The minimum atomic E-state index is -1.31. The number of urea groups is 4. The second-order valence-corrected chi connectivity index (χ2v) is 38.0. The van der Waals surface area contributed by atoms with Crippen LogP contribution in [0.4, 0.5) is 88.5 Å². The van der Waals surface area contributed by atoms with Crippen molar-refractivity contribution in [1.29, 1.82) is 0 Å². The van der Waals surface area contributed by atoms with Crippen LogP contribution in [0, 0.1) is 37.5 Å². The first-order valence-corrected chi connectivity index (χ1v) is 44.0.